The zero-order valence-corrected chi connectivity index (χ0v) is 17.2. The second-order valence-electron chi connectivity index (χ2n) is 6.79. The van der Waals surface area contributed by atoms with Gasteiger partial charge in [0.2, 0.25) is 0 Å². The van der Waals surface area contributed by atoms with E-state index < -0.39 is 0 Å². The normalized spacial score (nSPS) is 17.1. The Bertz CT molecular complexity index is 767. The van der Waals surface area contributed by atoms with Crippen molar-refractivity contribution in [3.05, 3.63) is 51.2 Å². The molecule has 5 nitrogen and oxygen atoms in total. The highest BCUT2D eigenvalue weighted by molar-refractivity contribution is 7.10. The lowest BCUT2D eigenvalue weighted by molar-refractivity contribution is 0.140. The molecule has 0 saturated carbocycles. The molecule has 1 unspecified atom stereocenters. The van der Waals surface area contributed by atoms with E-state index in [0.717, 1.165) is 43.4 Å². The van der Waals surface area contributed by atoms with Crippen LogP contribution in [0.3, 0.4) is 0 Å². The quantitative estimate of drug-likeness (QED) is 0.561. The number of hydrogen-bond donors (Lipinski definition) is 2. The summed E-state index contributed by atoms with van der Waals surface area (Å²) in [5.41, 5.74) is 3.60. The van der Waals surface area contributed by atoms with Crippen molar-refractivity contribution in [1.29, 1.82) is 0 Å². The molecule has 0 bridgehead atoms. The predicted molar refractivity (Wildman–Crippen MR) is 112 cm³/mol. The Morgan fingerprint density at radius 3 is 2.89 bits per heavy atom. The fraction of sp³-hybridized carbons (Fsp3) is 0.476. The smallest absolute Gasteiger partial charge is 0.191 e. The molecule has 1 aliphatic rings. The first-order chi connectivity index (χ1) is 13.2. The number of thiophene rings is 1. The third-order valence-corrected chi connectivity index (χ3v) is 5.56. The van der Waals surface area contributed by atoms with Crippen LogP contribution in [0.4, 0.5) is 0 Å². The van der Waals surface area contributed by atoms with Crippen molar-refractivity contribution in [3.8, 4) is 5.75 Å². The van der Waals surface area contributed by atoms with Crippen LogP contribution >= 0.6 is 11.3 Å². The van der Waals surface area contributed by atoms with E-state index in [1.54, 1.807) is 11.3 Å². The number of ether oxygens (including phenoxy) is 2. The monoisotopic (exact) mass is 387 g/mol. The van der Waals surface area contributed by atoms with E-state index in [1.165, 1.54) is 16.0 Å². The van der Waals surface area contributed by atoms with E-state index in [-0.39, 0.29) is 6.10 Å². The molecule has 6 heteroatoms. The zero-order valence-electron chi connectivity index (χ0n) is 16.4. The van der Waals surface area contributed by atoms with Gasteiger partial charge in [-0.1, -0.05) is 12.1 Å². The van der Waals surface area contributed by atoms with E-state index in [4.69, 9.17) is 14.5 Å². The third kappa shape index (κ3) is 5.71. The van der Waals surface area contributed by atoms with Gasteiger partial charge >= 0.3 is 0 Å². The molecule has 1 aromatic carbocycles. The molecule has 2 heterocycles. The highest BCUT2D eigenvalue weighted by atomic mass is 32.1. The number of rotatable bonds is 7. The molecule has 0 spiro atoms. The lowest BCUT2D eigenvalue weighted by Gasteiger charge is -2.16. The van der Waals surface area contributed by atoms with E-state index in [1.807, 2.05) is 0 Å². The molecule has 0 amide bonds. The third-order valence-electron chi connectivity index (χ3n) is 4.54. The van der Waals surface area contributed by atoms with Crippen LogP contribution in [0.25, 0.3) is 0 Å². The van der Waals surface area contributed by atoms with Gasteiger partial charge in [0.25, 0.3) is 0 Å². The molecule has 3 rings (SSSR count). The minimum Gasteiger partial charge on any atom is -0.488 e. The summed E-state index contributed by atoms with van der Waals surface area (Å²) < 4.78 is 11.6. The molecular formula is C21H29N3O2S. The molecule has 2 aromatic rings. The minimum absolute atomic E-state index is 0.141. The van der Waals surface area contributed by atoms with Crippen LogP contribution in [0, 0.1) is 13.8 Å². The largest absolute Gasteiger partial charge is 0.488 e. The van der Waals surface area contributed by atoms with E-state index in [9.17, 15) is 0 Å². The Balaban J connectivity index is 1.68. The number of aliphatic imine (C=N–C) groups is 1. The molecule has 1 aromatic heterocycles. The molecule has 27 heavy (non-hydrogen) atoms. The first-order valence-corrected chi connectivity index (χ1v) is 10.4. The Morgan fingerprint density at radius 1 is 1.30 bits per heavy atom. The molecule has 0 aliphatic carbocycles. The Labute approximate surface area is 165 Å². The summed E-state index contributed by atoms with van der Waals surface area (Å²) in [5, 5.41) is 8.87. The van der Waals surface area contributed by atoms with Gasteiger partial charge in [-0.25, -0.2) is 4.99 Å². The summed E-state index contributed by atoms with van der Waals surface area (Å²) in [7, 11) is 0. The fourth-order valence-electron chi connectivity index (χ4n) is 2.94. The van der Waals surface area contributed by atoms with Crippen LogP contribution in [0.5, 0.6) is 5.75 Å². The minimum atomic E-state index is 0.141. The molecule has 1 fully saturated rings. The SMILES string of the molecule is CCNC(=NCc1ccc(C)cc1OC1CCOC1)NCc1sccc1C. The van der Waals surface area contributed by atoms with E-state index >= 15 is 0 Å². The number of hydrogen-bond acceptors (Lipinski definition) is 4. The van der Waals surface area contributed by atoms with E-state index in [2.05, 4.69) is 61.1 Å². The number of guanidine groups is 1. The predicted octanol–water partition coefficient (Wildman–Crippen LogP) is 3.79. The molecular weight excluding hydrogens is 358 g/mol. The van der Waals surface area contributed by atoms with Crippen molar-refractivity contribution in [2.24, 2.45) is 4.99 Å². The second kappa shape index (κ2) is 9.76. The molecule has 1 atom stereocenters. The highest BCUT2D eigenvalue weighted by Gasteiger charge is 2.18. The van der Waals surface area contributed by atoms with Gasteiger partial charge in [-0.2, -0.15) is 0 Å². The number of nitrogens with one attached hydrogen (secondary N) is 2. The summed E-state index contributed by atoms with van der Waals surface area (Å²) in [5.74, 6) is 1.74. The van der Waals surface area contributed by atoms with Crippen LogP contribution < -0.4 is 15.4 Å². The maximum Gasteiger partial charge on any atom is 0.191 e. The molecule has 1 saturated heterocycles. The van der Waals surface area contributed by atoms with Gasteiger partial charge in [0.15, 0.2) is 5.96 Å². The summed E-state index contributed by atoms with van der Waals surface area (Å²) in [6.07, 6.45) is 1.09. The number of nitrogens with zero attached hydrogens (tertiary/aromatic N) is 1. The zero-order chi connectivity index (χ0) is 19.1. The summed E-state index contributed by atoms with van der Waals surface area (Å²) >= 11 is 1.77. The average molecular weight is 388 g/mol. The van der Waals surface area contributed by atoms with Gasteiger partial charge in [0, 0.05) is 23.4 Å². The summed E-state index contributed by atoms with van der Waals surface area (Å²) in [6, 6.07) is 8.46. The van der Waals surface area contributed by atoms with E-state index in [0.29, 0.717) is 13.2 Å². The maximum atomic E-state index is 6.18. The van der Waals surface area contributed by atoms with Crippen LogP contribution in [0.2, 0.25) is 0 Å². The van der Waals surface area contributed by atoms with Gasteiger partial charge in [0.05, 0.1) is 26.3 Å². The van der Waals surface area contributed by atoms with Crippen molar-refractivity contribution in [3.63, 3.8) is 0 Å². The average Bonchev–Trinajstić information content (AvgIpc) is 3.30. The van der Waals surface area contributed by atoms with Gasteiger partial charge in [-0.15, -0.1) is 11.3 Å². The Hall–Kier alpha value is -2.05. The van der Waals surface area contributed by atoms with Gasteiger partial charge in [0.1, 0.15) is 11.9 Å². The molecule has 146 valence electrons. The van der Waals surface area contributed by atoms with Crippen molar-refractivity contribution < 1.29 is 9.47 Å². The topological polar surface area (TPSA) is 54.9 Å². The van der Waals surface area contributed by atoms with Crippen LogP contribution in [-0.4, -0.2) is 31.8 Å². The molecule has 1 aliphatic heterocycles. The van der Waals surface area contributed by atoms with Crippen LogP contribution in [0.15, 0.2) is 34.6 Å². The Kier molecular flexibility index (Phi) is 7.12. The maximum absolute atomic E-state index is 6.18. The summed E-state index contributed by atoms with van der Waals surface area (Å²) in [4.78, 5) is 6.10. The standard InChI is InChI=1S/C21H29N3O2S/c1-4-22-21(24-13-20-16(3)8-10-27-20)23-12-17-6-5-15(2)11-19(17)26-18-7-9-25-14-18/h5-6,8,10-11,18H,4,7,9,12-14H2,1-3H3,(H2,22,23,24). The summed E-state index contributed by atoms with van der Waals surface area (Å²) in [6.45, 7) is 9.93. The van der Waals surface area contributed by atoms with Crippen molar-refractivity contribution in [2.75, 3.05) is 19.8 Å². The fourth-order valence-corrected chi connectivity index (χ4v) is 3.79. The molecule has 2 N–H and O–H groups in total. The first kappa shape index (κ1) is 19.7. The number of benzene rings is 1. The molecule has 0 radical (unpaired) electrons. The van der Waals surface area contributed by atoms with Gasteiger partial charge < -0.3 is 20.1 Å². The first-order valence-electron chi connectivity index (χ1n) is 9.54. The lowest BCUT2D eigenvalue weighted by Crippen LogP contribution is -2.36. The van der Waals surface area contributed by atoms with Gasteiger partial charge in [-0.3, -0.25) is 0 Å². The van der Waals surface area contributed by atoms with Crippen molar-refractivity contribution >= 4 is 17.3 Å². The van der Waals surface area contributed by atoms with Crippen molar-refractivity contribution in [1.82, 2.24) is 10.6 Å². The lowest BCUT2D eigenvalue weighted by atomic mass is 10.1. The van der Waals surface area contributed by atoms with Crippen LogP contribution in [0.1, 0.15) is 34.9 Å². The second-order valence-corrected chi connectivity index (χ2v) is 7.79. The highest BCUT2D eigenvalue weighted by Crippen LogP contribution is 2.24. The van der Waals surface area contributed by atoms with Crippen molar-refractivity contribution in [2.45, 2.75) is 46.4 Å². The Morgan fingerprint density at radius 2 is 2.19 bits per heavy atom. The van der Waals surface area contributed by atoms with Crippen LogP contribution in [-0.2, 0) is 17.8 Å². The number of aryl methyl sites for hydroxylation is 2. The van der Waals surface area contributed by atoms with Gasteiger partial charge in [-0.05, 0) is 49.4 Å².